The van der Waals surface area contributed by atoms with Gasteiger partial charge in [0, 0.05) is 20.1 Å². The van der Waals surface area contributed by atoms with Crippen LogP contribution in [0.25, 0.3) is 0 Å². The maximum atomic E-state index is 5.69. The Balaban J connectivity index is 1.79. The van der Waals surface area contributed by atoms with E-state index < -0.39 is 0 Å². The molecule has 1 aromatic heterocycles. The van der Waals surface area contributed by atoms with Crippen LogP contribution < -0.4 is 5.32 Å². The number of aryl methyl sites for hydroxylation is 1. The predicted molar refractivity (Wildman–Crippen MR) is 106 cm³/mol. The summed E-state index contributed by atoms with van der Waals surface area (Å²) < 4.78 is 1.98. The number of benzene rings is 2. The Kier molecular flexibility index (Phi) is 5.46. The zero-order valence-electron chi connectivity index (χ0n) is 14.5. The first kappa shape index (κ1) is 17.2. The largest absolute Gasteiger partial charge is 0.340 e. The summed E-state index contributed by atoms with van der Waals surface area (Å²) in [4.78, 5) is 6.55. The van der Waals surface area contributed by atoms with Gasteiger partial charge in [0.15, 0.2) is 10.9 Å². The smallest absolute Gasteiger partial charge is 0.175 e. The van der Waals surface area contributed by atoms with E-state index in [-0.39, 0.29) is 0 Å². The zero-order valence-corrected chi connectivity index (χ0v) is 15.3. The molecule has 0 unspecified atom stereocenters. The van der Waals surface area contributed by atoms with Crippen LogP contribution in [0.15, 0.2) is 67.0 Å². The van der Waals surface area contributed by atoms with Crippen LogP contribution in [-0.4, -0.2) is 19.6 Å². The Bertz CT molecular complexity index is 786. The van der Waals surface area contributed by atoms with Crippen molar-refractivity contribution in [3.05, 3.63) is 83.8 Å². The molecule has 0 saturated carbocycles. The fourth-order valence-electron chi connectivity index (χ4n) is 2.60. The van der Waals surface area contributed by atoms with E-state index in [0.717, 1.165) is 24.6 Å². The highest BCUT2D eigenvalue weighted by Gasteiger charge is 2.14. The lowest BCUT2D eigenvalue weighted by atomic mass is 10.2. The van der Waals surface area contributed by atoms with Crippen LogP contribution in [0, 0.1) is 6.92 Å². The first-order valence-electron chi connectivity index (χ1n) is 8.25. The van der Waals surface area contributed by atoms with Gasteiger partial charge in [0.1, 0.15) is 0 Å². The third-order valence-electron chi connectivity index (χ3n) is 4.18. The molecular formula is C20H22N4S. The minimum atomic E-state index is 0.675. The van der Waals surface area contributed by atoms with Gasteiger partial charge in [-0.15, -0.1) is 0 Å². The molecule has 0 saturated heterocycles. The fourth-order valence-corrected chi connectivity index (χ4v) is 2.83. The molecule has 0 atom stereocenters. The Labute approximate surface area is 154 Å². The van der Waals surface area contributed by atoms with Crippen molar-refractivity contribution in [2.45, 2.75) is 20.0 Å². The number of anilines is 1. The standard InChI is InChI=1S/C20H22N4S/c1-16-19(21-15-23(16)2)22-20(25)24(13-17-9-5-3-6-10-17)14-18-11-7-4-8-12-18/h3-12,15H,13-14H2,1-2H3,(H,22,25). The minimum absolute atomic E-state index is 0.675. The Morgan fingerprint density at radius 3 is 1.96 bits per heavy atom. The molecule has 3 rings (SSSR count). The molecule has 1 heterocycles. The van der Waals surface area contributed by atoms with E-state index >= 15 is 0 Å². The van der Waals surface area contributed by atoms with Crippen molar-refractivity contribution in [2.24, 2.45) is 7.05 Å². The number of thiocarbonyl (C=S) groups is 1. The van der Waals surface area contributed by atoms with Gasteiger partial charge < -0.3 is 14.8 Å². The molecular weight excluding hydrogens is 328 g/mol. The average molecular weight is 350 g/mol. The number of rotatable bonds is 5. The molecule has 25 heavy (non-hydrogen) atoms. The summed E-state index contributed by atoms with van der Waals surface area (Å²) in [5.41, 5.74) is 3.50. The SMILES string of the molecule is Cc1c(NC(=S)N(Cc2ccccc2)Cc2ccccc2)ncn1C. The molecule has 0 aliphatic heterocycles. The topological polar surface area (TPSA) is 33.1 Å². The van der Waals surface area contributed by atoms with Crippen LogP contribution in [0.2, 0.25) is 0 Å². The van der Waals surface area contributed by atoms with E-state index in [1.165, 1.54) is 11.1 Å². The minimum Gasteiger partial charge on any atom is -0.340 e. The Hall–Kier alpha value is -2.66. The molecule has 0 aliphatic rings. The molecule has 4 nitrogen and oxygen atoms in total. The van der Waals surface area contributed by atoms with Gasteiger partial charge >= 0.3 is 0 Å². The summed E-state index contributed by atoms with van der Waals surface area (Å²) >= 11 is 5.69. The molecule has 0 amide bonds. The van der Waals surface area contributed by atoms with Crippen molar-refractivity contribution >= 4 is 23.1 Å². The maximum Gasteiger partial charge on any atom is 0.175 e. The van der Waals surface area contributed by atoms with Crippen LogP contribution >= 0.6 is 12.2 Å². The molecule has 1 N–H and O–H groups in total. The Morgan fingerprint density at radius 1 is 1.00 bits per heavy atom. The number of nitrogens with zero attached hydrogens (tertiary/aromatic N) is 3. The number of hydrogen-bond donors (Lipinski definition) is 1. The molecule has 128 valence electrons. The van der Waals surface area contributed by atoms with E-state index in [2.05, 4.69) is 63.7 Å². The van der Waals surface area contributed by atoms with Crippen molar-refractivity contribution in [2.75, 3.05) is 5.32 Å². The summed E-state index contributed by atoms with van der Waals surface area (Å²) in [6.07, 6.45) is 1.79. The first-order chi connectivity index (χ1) is 12.1. The summed E-state index contributed by atoms with van der Waals surface area (Å²) in [5, 5.41) is 3.97. The predicted octanol–water partition coefficient (Wildman–Crippen LogP) is 4.13. The highest BCUT2D eigenvalue weighted by Crippen LogP contribution is 2.15. The van der Waals surface area contributed by atoms with E-state index in [1.807, 2.05) is 30.7 Å². The van der Waals surface area contributed by atoms with E-state index in [9.17, 15) is 0 Å². The van der Waals surface area contributed by atoms with E-state index in [0.29, 0.717) is 5.11 Å². The zero-order chi connectivity index (χ0) is 17.6. The lowest BCUT2D eigenvalue weighted by Gasteiger charge is -2.26. The summed E-state index contributed by atoms with van der Waals surface area (Å²) in [6.45, 7) is 3.51. The summed E-state index contributed by atoms with van der Waals surface area (Å²) in [5.74, 6) is 0.804. The van der Waals surface area contributed by atoms with Crippen molar-refractivity contribution in [1.82, 2.24) is 14.5 Å². The molecule has 0 aliphatic carbocycles. The molecule has 0 radical (unpaired) electrons. The van der Waals surface area contributed by atoms with Crippen LogP contribution in [0.1, 0.15) is 16.8 Å². The molecule has 5 heteroatoms. The third-order valence-corrected chi connectivity index (χ3v) is 4.54. The van der Waals surface area contributed by atoms with Crippen LogP contribution in [0.3, 0.4) is 0 Å². The van der Waals surface area contributed by atoms with Gasteiger partial charge in [-0.3, -0.25) is 0 Å². The van der Waals surface area contributed by atoms with Gasteiger partial charge in [0.2, 0.25) is 0 Å². The quantitative estimate of drug-likeness (QED) is 0.702. The number of nitrogens with one attached hydrogen (secondary N) is 1. The normalized spacial score (nSPS) is 10.5. The van der Waals surface area contributed by atoms with Gasteiger partial charge in [0.25, 0.3) is 0 Å². The fraction of sp³-hybridized carbons (Fsp3) is 0.200. The van der Waals surface area contributed by atoms with Crippen molar-refractivity contribution < 1.29 is 0 Å². The molecule has 2 aromatic carbocycles. The van der Waals surface area contributed by atoms with Crippen LogP contribution in [0.4, 0.5) is 5.82 Å². The number of aromatic nitrogens is 2. The van der Waals surface area contributed by atoms with E-state index in [4.69, 9.17) is 12.2 Å². The summed E-state index contributed by atoms with van der Waals surface area (Å²) in [7, 11) is 1.97. The number of imidazole rings is 1. The van der Waals surface area contributed by atoms with Gasteiger partial charge in [-0.05, 0) is 30.3 Å². The second kappa shape index (κ2) is 7.94. The third kappa shape index (κ3) is 4.45. The molecule has 3 aromatic rings. The summed E-state index contributed by atoms with van der Waals surface area (Å²) in [6, 6.07) is 20.7. The highest BCUT2D eigenvalue weighted by molar-refractivity contribution is 7.80. The second-order valence-electron chi connectivity index (χ2n) is 6.05. The molecule has 0 bridgehead atoms. The molecule has 0 fully saturated rings. The van der Waals surface area contributed by atoms with Crippen molar-refractivity contribution in [3.63, 3.8) is 0 Å². The Morgan fingerprint density at radius 2 is 1.52 bits per heavy atom. The van der Waals surface area contributed by atoms with Gasteiger partial charge in [-0.25, -0.2) is 4.98 Å². The monoisotopic (exact) mass is 350 g/mol. The highest BCUT2D eigenvalue weighted by atomic mass is 32.1. The van der Waals surface area contributed by atoms with Gasteiger partial charge in [-0.2, -0.15) is 0 Å². The second-order valence-corrected chi connectivity index (χ2v) is 6.43. The van der Waals surface area contributed by atoms with Crippen LogP contribution in [0.5, 0.6) is 0 Å². The van der Waals surface area contributed by atoms with Gasteiger partial charge in [-0.1, -0.05) is 60.7 Å². The maximum absolute atomic E-state index is 5.69. The molecule has 0 spiro atoms. The average Bonchev–Trinajstić information content (AvgIpc) is 2.95. The number of hydrogen-bond acceptors (Lipinski definition) is 2. The lowest BCUT2D eigenvalue weighted by Crippen LogP contribution is -2.34. The first-order valence-corrected chi connectivity index (χ1v) is 8.66. The van der Waals surface area contributed by atoms with Crippen LogP contribution in [-0.2, 0) is 20.1 Å². The van der Waals surface area contributed by atoms with Gasteiger partial charge in [0.05, 0.1) is 12.0 Å². The van der Waals surface area contributed by atoms with Crippen molar-refractivity contribution in [1.29, 1.82) is 0 Å². The lowest BCUT2D eigenvalue weighted by molar-refractivity contribution is 0.412. The van der Waals surface area contributed by atoms with Crippen molar-refractivity contribution in [3.8, 4) is 0 Å². The van der Waals surface area contributed by atoms with E-state index in [1.54, 1.807) is 6.33 Å².